The third-order valence-corrected chi connectivity index (χ3v) is 1.96. The van der Waals surface area contributed by atoms with Crippen LogP contribution in [0.15, 0.2) is 18.2 Å². The van der Waals surface area contributed by atoms with Crippen molar-refractivity contribution in [3.63, 3.8) is 0 Å². The topological polar surface area (TPSA) is 93.1 Å². The number of methoxy groups -OCH3 is 1. The highest BCUT2D eigenvalue weighted by atomic mass is 16.5. The first kappa shape index (κ1) is 13.0. The molecule has 0 bridgehead atoms. The number of aromatic carboxylic acids is 2. The summed E-state index contributed by atoms with van der Waals surface area (Å²) in [6.07, 6.45) is 0. The Morgan fingerprint density at radius 3 is 2.00 bits per heavy atom. The van der Waals surface area contributed by atoms with Crippen LogP contribution >= 0.6 is 0 Å². The Bertz CT molecular complexity index is 394. The first-order chi connectivity index (χ1) is 8.04. The highest BCUT2D eigenvalue weighted by Gasteiger charge is 2.11. The second-order valence-electron chi connectivity index (χ2n) is 3.20. The molecule has 0 radical (unpaired) electrons. The average Bonchev–Trinajstić information content (AvgIpc) is 2.29. The normalized spacial score (nSPS) is 9.94. The summed E-state index contributed by atoms with van der Waals surface area (Å²) in [5.74, 6) is -2.21. The molecule has 0 saturated heterocycles. The van der Waals surface area contributed by atoms with E-state index in [4.69, 9.17) is 19.7 Å². The van der Waals surface area contributed by atoms with Crippen LogP contribution < -0.4 is 4.74 Å². The number of benzene rings is 1. The lowest BCUT2D eigenvalue weighted by Gasteiger charge is -2.07. The lowest BCUT2D eigenvalue weighted by molar-refractivity contribution is 0.0696. The summed E-state index contributed by atoms with van der Waals surface area (Å²) in [5, 5.41) is 17.6. The van der Waals surface area contributed by atoms with Crippen molar-refractivity contribution in [1.82, 2.24) is 0 Å². The van der Waals surface area contributed by atoms with Gasteiger partial charge in [-0.05, 0) is 18.2 Å². The fourth-order valence-corrected chi connectivity index (χ4v) is 1.17. The van der Waals surface area contributed by atoms with E-state index < -0.39 is 11.9 Å². The molecule has 1 aromatic rings. The van der Waals surface area contributed by atoms with E-state index in [9.17, 15) is 9.59 Å². The van der Waals surface area contributed by atoms with Gasteiger partial charge in [-0.25, -0.2) is 9.59 Å². The number of carbonyl (C=O) groups is 2. The Labute approximate surface area is 97.4 Å². The molecule has 0 fully saturated rings. The molecule has 6 nitrogen and oxygen atoms in total. The minimum atomic E-state index is -1.20. The molecule has 0 aliphatic heterocycles. The van der Waals surface area contributed by atoms with Crippen LogP contribution in [0.25, 0.3) is 0 Å². The zero-order valence-electron chi connectivity index (χ0n) is 9.17. The van der Waals surface area contributed by atoms with Crippen LogP contribution in [0.2, 0.25) is 0 Å². The molecule has 0 saturated carbocycles. The molecule has 0 aliphatic carbocycles. The van der Waals surface area contributed by atoms with Crippen molar-refractivity contribution in [2.75, 3.05) is 20.3 Å². The fraction of sp³-hybridized carbons (Fsp3) is 0.273. The van der Waals surface area contributed by atoms with Gasteiger partial charge in [0.1, 0.15) is 12.4 Å². The Morgan fingerprint density at radius 2 is 1.59 bits per heavy atom. The van der Waals surface area contributed by atoms with Gasteiger partial charge in [-0.1, -0.05) is 0 Å². The molecule has 1 aromatic carbocycles. The van der Waals surface area contributed by atoms with Crippen molar-refractivity contribution in [3.05, 3.63) is 29.3 Å². The first-order valence-electron chi connectivity index (χ1n) is 4.78. The third kappa shape index (κ3) is 3.76. The molecule has 0 unspecified atom stereocenters. The van der Waals surface area contributed by atoms with Crippen LogP contribution in [-0.2, 0) is 4.74 Å². The SMILES string of the molecule is COCCOc1cc(C(=O)O)cc(C(=O)O)c1. The molecule has 0 spiro atoms. The van der Waals surface area contributed by atoms with Crippen molar-refractivity contribution < 1.29 is 29.3 Å². The monoisotopic (exact) mass is 240 g/mol. The van der Waals surface area contributed by atoms with Gasteiger partial charge in [-0.3, -0.25) is 0 Å². The first-order valence-corrected chi connectivity index (χ1v) is 4.78. The second kappa shape index (κ2) is 5.86. The lowest BCUT2D eigenvalue weighted by atomic mass is 10.1. The van der Waals surface area contributed by atoms with E-state index in [1.807, 2.05) is 0 Å². The van der Waals surface area contributed by atoms with E-state index in [0.29, 0.717) is 6.61 Å². The van der Waals surface area contributed by atoms with Crippen LogP contribution in [0.3, 0.4) is 0 Å². The summed E-state index contributed by atoms with van der Waals surface area (Å²) in [6, 6.07) is 3.61. The van der Waals surface area contributed by atoms with E-state index in [-0.39, 0.29) is 23.5 Å². The predicted molar refractivity (Wildman–Crippen MR) is 57.7 cm³/mol. The van der Waals surface area contributed by atoms with Crippen molar-refractivity contribution in [1.29, 1.82) is 0 Å². The van der Waals surface area contributed by atoms with Crippen molar-refractivity contribution in [2.24, 2.45) is 0 Å². The molecular weight excluding hydrogens is 228 g/mol. The summed E-state index contributed by atoms with van der Waals surface area (Å²) in [6.45, 7) is 0.554. The average molecular weight is 240 g/mol. The predicted octanol–water partition coefficient (Wildman–Crippen LogP) is 1.11. The maximum atomic E-state index is 10.8. The lowest BCUT2D eigenvalue weighted by Crippen LogP contribution is -2.07. The number of hydrogen-bond donors (Lipinski definition) is 2. The molecule has 6 heteroatoms. The maximum Gasteiger partial charge on any atom is 0.335 e. The zero-order chi connectivity index (χ0) is 12.8. The molecule has 0 aromatic heterocycles. The van der Waals surface area contributed by atoms with Gasteiger partial charge < -0.3 is 19.7 Å². The van der Waals surface area contributed by atoms with Gasteiger partial charge >= 0.3 is 11.9 Å². The second-order valence-corrected chi connectivity index (χ2v) is 3.20. The van der Waals surface area contributed by atoms with E-state index in [1.165, 1.54) is 19.2 Å². The summed E-state index contributed by atoms with van der Waals surface area (Å²) < 4.78 is 9.94. The van der Waals surface area contributed by atoms with Gasteiger partial charge in [-0.15, -0.1) is 0 Å². The number of carboxylic acid groups (broad SMARTS) is 2. The minimum Gasteiger partial charge on any atom is -0.491 e. The molecule has 92 valence electrons. The molecular formula is C11H12O6. The highest BCUT2D eigenvalue weighted by Crippen LogP contribution is 2.17. The molecule has 0 heterocycles. The zero-order valence-corrected chi connectivity index (χ0v) is 9.17. The largest absolute Gasteiger partial charge is 0.491 e. The van der Waals surface area contributed by atoms with Gasteiger partial charge in [0.15, 0.2) is 0 Å². The van der Waals surface area contributed by atoms with Crippen LogP contribution in [-0.4, -0.2) is 42.5 Å². The van der Waals surface area contributed by atoms with E-state index in [1.54, 1.807) is 0 Å². The van der Waals surface area contributed by atoms with Crippen LogP contribution in [0.4, 0.5) is 0 Å². The van der Waals surface area contributed by atoms with Crippen molar-refractivity contribution in [2.45, 2.75) is 0 Å². The molecule has 0 amide bonds. The maximum absolute atomic E-state index is 10.8. The third-order valence-electron chi connectivity index (χ3n) is 1.96. The molecule has 1 rings (SSSR count). The number of rotatable bonds is 6. The summed E-state index contributed by atoms with van der Waals surface area (Å²) in [5.41, 5.74) is -0.255. The Balaban J connectivity index is 2.95. The molecule has 2 N–H and O–H groups in total. The van der Waals surface area contributed by atoms with Gasteiger partial charge in [-0.2, -0.15) is 0 Å². The Kier molecular flexibility index (Phi) is 4.47. The number of carboxylic acids is 2. The standard InChI is InChI=1S/C11H12O6/c1-16-2-3-17-9-5-7(10(12)13)4-8(6-9)11(14)15/h4-6H,2-3H2,1H3,(H,12,13)(H,14,15). The molecule has 0 atom stereocenters. The van der Waals surface area contributed by atoms with Gasteiger partial charge in [0, 0.05) is 7.11 Å². The van der Waals surface area contributed by atoms with E-state index >= 15 is 0 Å². The summed E-state index contributed by atoms with van der Waals surface area (Å²) in [4.78, 5) is 21.6. The Hall–Kier alpha value is -2.08. The molecule has 17 heavy (non-hydrogen) atoms. The van der Waals surface area contributed by atoms with Gasteiger partial charge in [0.25, 0.3) is 0 Å². The fourth-order valence-electron chi connectivity index (χ4n) is 1.17. The van der Waals surface area contributed by atoms with Crippen LogP contribution in [0, 0.1) is 0 Å². The summed E-state index contributed by atoms with van der Waals surface area (Å²) >= 11 is 0. The van der Waals surface area contributed by atoms with Gasteiger partial charge in [0.05, 0.1) is 17.7 Å². The number of ether oxygens (including phenoxy) is 2. The smallest absolute Gasteiger partial charge is 0.335 e. The molecule has 0 aliphatic rings. The quantitative estimate of drug-likeness (QED) is 0.723. The van der Waals surface area contributed by atoms with Gasteiger partial charge in [0.2, 0.25) is 0 Å². The van der Waals surface area contributed by atoms with E-state index in [2.05, 4.69) is 0 Å². The van der Waals surface area contributed by atoms with Crippen molar-refractivity contribution >= 4 is 11.9 Å². The van der Waals surface area contributed by atoms with Crippen LogP contribution in [0.1, 0.15) is 20.7 Å². The highest BCUT2D eigenvalue weighted by molar-refractivity contribution is 5.94. The van der Waals surface area contributed by atoms with Crippen LogP contribution in [0.5, 0.6) is 5.75 Å². The Morgan fingerprint density at radius 1 is 1.06 bits per heavy atom. The van der Waals surface area contributed by atoms with Crippen molar-refractivity contribution in [3.8, 4) is 5.75 Å². The summed E-state index contributed by atoms with van der Waals surface area (Å²) in [7, 11) is 1.50. The minimum absolute atomic E-state index is 0.127. The van der Waals surface area contributed by atoms with E-state index in [0.717, 1.165) is 6.07 Å². The number of hydrogen-bond acceptors (Lipinski definition) is 4.